The summed E-state index contributed by atoms with van der Waals surface area (Å²) in [6, 6.07) is 7.69. The maximum Gasteiger partial charge on any atom is 0.242 e. The smallest absolute Gasteiger partial charge is 0.242 e. The highest BCUT2D eigenvalue weighted by Crippen LogP contribution is 2.19. The number of rotatable bonds is 4. The summed E-state index contributed by atoms with van der Waals surface area (Å²) in [6.45, 7) is 4.13. The normalized spacial score (nSPS) is 18.0. The topological polar surface area (TPSA) is 85.2 Å². The van der Waals surface area contributed by atoms with E-state index in [9.17, 15) is 4.79 Å². The number of anilines is 1. The third-order valence-electron chi connectivity index (χ3n) is 3.78. The molecule has 8 heteroatoms. The number of morpholine rings is 1. The van der Waals surface area contributed by atoms with Gasteiger partial charge in [-0.15, -0.1) is 5.10 Å². The van der Waals surface area contributed by atoms with Crippen molar-refractivity contribution in [2.75, 3.05) is 31.6 Å². The lowest BCUT2D eigenvalue weighted by Crippen LogP contribution is -2.46. The van der Waals surface area contributed by atoms with Crippen LogP contribution in [0.5, 0.6) is 0 Å². The van der Waals surface area contributed by atoms with Crippen LogP contribution in [0.2, 0.25) is 0 Å². The maximum atomic E-state index is 12.3. The molecule has 1 aromatic heterocycles. The van der Waals surface area contributed by atoms with Crippen LogP contribution in [0.4, 0.5) is 5.69 Å². The predicted molar refractivity (Wildman–Crippen MR) is 84.7 cm³/mol. The molecule has 1 fully saturated rings. The first-order valence-electron chi connectivity index (χ1n) is 7.59. The lowest BCUT2D eigenvalue weighted by Gasteiger charge is -2.31. The Hall–Kier alpha value is -2.48. The van der Waals surface area contributed by atoms with Gasteiger partial charge in [0.1, 0.15) is 0 Å². The van der Waals surface area contributed by atoms with Crippen molar-refractivity contribution in [3.05, 3.63) is 24.3 Å². The standard InChI is InChI=1S/C15H20N6O2/c1-11-10-21(6-7-23-11)14(22)9-16-13-5-3-4-12(8-13)15-17-18-19-20(15)2/h3-5,8,11,16H,6-7,9-10H2,1-2H3/t11-/m0/s1. The molecular formula is C15H20N6O2. The number of amides is 1. The number of carbonyl (C=O) groups is 1. The number of hydrogen-bond donors (Lipinski definition) is 1. The van der Waals surface area contributed by atoms with Gasteiger partial charge in [0.05, 0.1) is 19.3 Å². The van der Waals surface area contributed by atoms with Crippen molar-refractivity contribution in [3.8, 4) is 11.4 Å². The van der Waals surface area contributed by atoms with Crippen LogP contribution in [-0.4, -0.2) is 63.4 Å². The quantitative estimate of drug-likeness (QED) is 0.886. The monoisotopic (exact) mass is 316 g/mol. The van der Waals surface area contributed by atoms with Gasteiger partial charge in [0, 0.05) is 31.4 Å². The molecule has 0 aliphatic carbocycles. The maximum absolute atomic E-state index is 12.3. The molecule has 1 saturated heterocycles. The van der Waals surface area contributed by atoms with Gasteiger partial charge in [-0.1, -0.05) is 12.1 Å². The second-order valence-electron chi connectivity index (χ2n) is 5.58. The number of aromatic nitrogens is 4. The van der Waals surface area contributed by atoms with Crippen molar-refractivity contribution in [1.82, 2.24) is 25.1 Å². The summed E-state index contributed by atoms with van der Waals surface area (Å²) in [5.41, 5.74) is 1.76. The highest BCUT2D eigenvalue weighted by molar-refractivity contribution is 5.81. The third-order valence-corrected chi connectivity index (χ3v) is 3.78. The van der Waals surface area contributed by atoms with Crippen molar-refractivity contribution in [3.63, 3.8) is 0 Å². The van der Waals surface area contributed by atoms with E-state index in [1.807, 2.05) is 36.1 Å². The molecule has 0 unspecified atom stereocenters. The average molecular weight is 316 g/mol. The fourth-order valence-electron chi connectivity index (χ4n) is 2.58. The lowest BCUT2D eigenvalue weighted by atomic mass is 10.2. The van der Waals surface area contributed by atoms with E-state index in [1.165, 1.54) is 0 Å². The van der Waals surface area contributed by atoms with E-state index in [2.05, 4.69) is 20.8 Å². The zero-order valence-corrected chi connectivity index (χ0v) is 13.3. The van der Waals surface area contributed by atoms with Crippen LogP contribution in [0.3, 0.4) is 0 Å². The van der Waals surface area contributed by atoms with Crippen molar-refractivity contribution in [2.45, 2.75) is 13.0 Å². The number of nitrogens with zero attached hydrogens (tertiary/aromatic N) is 5. The van der Waals surface area contributed by atoms with Crippen molar-refractivity contribution >= 4 is 11.6 Å². The summed E-state index contributed by atoms with van der Waals surface area (Å²) in [5, 5.41) is 14.6. The Morgan fingerprint density at radius 3 is 3.09 bits per heavy atom. The molecule has 122 valence electrons. The van der Waals surface area contributed by atoms with Gasteiger partial charge in [0.15, 0.2) is 5.82 Å². The Bertz CT molecular complexity index is 686. The fraction of sp³-hybridized carbons (Fsp3) is 0.467. The number of ether oxygens (including phenoxy) is 1. The first kappa shape index (κ1) is 15.4. The third kappa shape index (κ3) is 3.65. The Balaban J connectivity index is 1.62. The molecule has 23 heavy (non-hydrogen) atoms. The largest absolute Gasteiger partial charge is 0.376 e. The fourth-order valence-corrected chi connectivity index (χ4v) is 2.58. The molecule has 1 aromatic carbocycles. The Morgan fingerprint density at radius 1 is 1.48 bits per heavy atom. The summed E-state index contributed by atoms with van der Waals surface area (Å²) < 4.78 is 7.06. The van der Waals surface area contributed by atoms with Crippen molar-refractivity contribution in [2.24, 2.45) is 7.05 Å². The van der Waals surface area contributed by atoms with Gasteiger partial charge < -0.3 is 15.0 Å². The molecule has 1 N–H and O–H groups in total. The molecule has 0 bridgehead atoms. The molecular weight excluding hydrogens is 296 g/mol. The number of nitrogens with one attached hydrogen (secondary N) is 1. The molecule has 0 radical (unpaired) electrons. The van der Waals surface area contributed by atoms with Crippen LogP contribution in [0.15, 0.2) is 24.3 Å². The van der Waals surface area contributed by atoms with Crippen LogP contribution in [0.1, 0.15) is 6.92 Å². The van der Waals surface area contributed by atoms with Gasteiger partial charge in [-0.3, -0.25) is 4.79 Å². The molecule has 8 nitrogen and oxygen atoms in total. The first-order chi connectivity index (χ1) is 11.1. The molecule has 3 rings (SSSR count). The van der Waals surface area contributed by atoms with Gasteiger partial charge in [0.25, 0.3) is 0 Å². The molecule has 1 aliphatic rings. The van der Waals surface area contributed by atoms with Gasteiger partial charge in [-0.25, -0.2) is 4.68 Å². The van der Waals surface area contributed by atoms with Crippen LogP contribution in [0, 0.1) is 0 Å². The van der Waals surface area contributed by atoms with E-state index in [0.29, 0.717) is 25.5 Å². The van der Waals surface area contributed by atoms with Crippen molar-refractivity contribution in [1.29, 1.82) is 0 Å². The number of aryl methyl sites for hydroxylation is 1. The summed E-state index contributed by atoms with van der Waals surface area (Å²) in [6.07, 6.45) is 0.0967. The van der Waals surface area contributed by atoms with Gasteiger partial charge in [0.2, 0.25) is 5.91 Å². The highest BCUT2D eigenvalue weighted by Gasteiger charge is 2.20. The predicted octanol–water partition coefficient (Wildman–Crippen LogP) is 0.536. The number of benzene rings is 1. The van der Waals surface area contributed by atoms with Crippen LogP contribution in [-0.2, 0) is 16.6 Å². The summed E-state index contributed by atoms with van der Waals surface area (Å²) >= 11 is 0. The van der Waals surface area contributed by atoms with Gasteiger partial charge >= 0.3 is 0 Å². The first-order valence-corrected chi connectivity index (χ1v) is 7.59. The van der Waals surface area contributed by atoms with Gasteiger partial charge in [-0.2, -0.15) is 0 Å². The van der Waals surface area contributed by atoms with Gasteiger partial charge in [-0.05, 0) is 29.5 Å². The number of hydrogen-bond acceptors (Lipinski definition) is 6. The minimum absolute atomic E-state index is 0.0749. The zero-order chi connectivity index (χ0) is 16.2. The molecule has 0 saturated carbocycles. The number of carbonyl (C=O) groups excluding carboxylic acids is 1. The van der Waals surface area contributed by atoms with Crippen molar-refractivity contribution < 1.29 is 9.53 Å². The Labute approximate surface area is 134 Å². The van der Waals surface area contributed by atoms with Crippen LogP contribution >= 0.6 is 0 Å². The summed E-state index contributed by atoms with van der Waals surface area (Å²) in [7, 11) is 1.79. The molecule has 1 aliphatic heterocycles. The average Bonchev–Trinajstić information content (AvgIpc) is 2.99. The summed E-state index contributed by atoms with van der Waals surface area (Å²) in [4.78, 5) is 14.1. The number of tetrazole rings is 1. The minimum atomic E-state index is 0.0749. The van der Waals surface area contributed by atoms with E-state index in [4.69, 9.17) is 4.74 Å². The Kier molecular flexibility index (Phi) is 4.52. The molecule has 2 aromatic rings. The van der Waals surface area contributed by atoms with E-state index in [1.54, 1.807) is 11.7 Å². The van der Waals surface area contributed by atoms with Crippen LogP contribution in [0.25, 0.3) is 11.4 Å². The zero-order valence-electron chi connectivity index (χ0n) is 13.3. The van der Waals surface area contributed by atoms with E-state index in [-0.39, 0.29) is 18.6 Å². The molecule has 0 spiro atoms. The summed E-state index contributed by atoms with van der Waals surface area (Å²) in [5.74, 6) is 0.757. The van der Waals surface area contributed by atoms with E-state index >= 15 is 0 Å². The second-order valence-corrected chi connectivity index (χ2v) is 5.58. The minimum Gasteiger partial charge on any atom is -0.376 e. The van der Waals surface area contributed by atoms with E-state index in [0.717, 1.165) is 11.3 Å². The van der Waals surface area contributed by atoms with Crippen LogP contribution < -0.4 is 5.32 Å². The Morgan fingerprint density at radius 2 is 2.35 bits per heavy atom. The lowest BCUT2D eigenvalue weighted by molar-refractivity contribution is -0.136. The molecule has 2 heterocycles. The molecule has 1 atom stereocenters. The van der Waals surface area contributed by atoms with E-state index < -0.39 is 0 Å². The highest BCUT2D eigenvalue weighted by atomic mass is 16.5. The molecule has 1 amide bonds. The SMILES string of the molecule is C[C@H]1CN(C(=O)CNc2cccc(-c3nnnn3C)c2)CCO1. The second kappa shape index (κ2) is 6.74.